The second kappa shape index (κ2) is 11.9. The lowest BCUT2D eigenvalue weighted by atomic mass is 9.95. The molecule has 8 nitrogen and oxygen atoms in total. The largest absolute Gasteiger partial charge is 0.511 e. The number of ether oxygens (including phenoxy) is 1. The van der Waals surface area contributed by atoms with Crippen LogP contribution >= 0.6 is 11.6 Å². The number of rotatable bonds is 5. The lowest BCUT2D eigenvalue weighted by molar-refractivity contribution is -0.887. The highest BCUT2D eigenvalue weighted by Gasteiger charge is 2.52. The third-order valence-electron chi connectivity index (χ3n) is 9.00. The van der Waals surface area contributed by atoms with Crippen molar-refractivity contribution in [3.05, 3.63) is 81.6 Å². The fourth-order valence-electron chi connectivity index (χ4n) is 6.85. The predicted molar refractivity (Wildman–Crippen MR) is 162 cm³/mol. The Bertz CT molecular complexity index is 1570. The van der Waals surface area contributed by atoms with Crippen LogP contribution in [-0.4, -0.2) is 60.0 Å². The second-order valence-electron chi connectivity index (χ2n) is 11.8. The summed E-state index contributed by atoms with van der Waals surface area (Å²) in [7, 11) is 3.30. The van der Waals surface area contributed by atoms with Gasteiger partial charge in [0, 0.05) is 62.0 Å². The van der Waals surface area contributed by atoms with Gasteiger partial charge in [-0.25, -0.2) is 14.1 Å². The van der Waals surface area contributed by atoms with Gasteiger partial charge in [-0.05, 0) is 68.3 Å². The summed E-state index contributed by atoms with van der Waals surface area (Å²) in [4.78, 5) is 33.9. The summed E-state index contributed by atoms with van der Waals surface area (Å²) < 4.78 is 45.8. The van der Waals surface area contributed by atoms with Crippen molar-refractivity contribution < 1.29 is 37.1 Å². The summed E-state index contributed by atoms with van der Waals surface area (Å²) in [5.41, 5.74) is 3.74. The third kappa shape index (κ3) is 6.08. The lowest BCUT2D eigenvalue weighted by Crippen LogP contribution is -2.64. The number of pyridine rings is 1. The molecule has 2 atom stereocenters. The molecule has 2 heterocycles. The minimum Gasteiger partial charge on any atom is -0.449 e. The Balaban J connectivity index is 1.53. The number of fused-ring (bicyclic) bond motifs is 1. The Kier molecular flexibility index (Phi) is 8.56. The topological polar surface area (TPSA) is 83.0 Å². The van der Waals surface area contributed by atoms with Gasteiger partial charge >= 0.3 is 18.4 Å². The van der Waals surface area contributed by atoms with Crippen LogP contribution < -0.4 is 14.5 Å². The Morgan fingerprint density at radius 1 is 1.05 bits per heavy atom. The van der Waals surface area contributed by atoms with Crippen molar-refractivity contribution in [1.29, 1.82) is 0 Å². The van der Waals surface area contributed by atoms with Crippen molar-refractivity contribution in [2.45, 2.75) is 57.8 Å². The molecular formula is C32H35ClF3N4O4+. The molecule has 1 N–H and O–H groups in total. The lowest BCUT2D eigenvalue weighted by Gasteiger charge is -2.48. The number of carboxylic acid groups (broad SMARTS) is 1. The maximum atomic E-state index is 14.7. The van der Waals surface area contributed by atoms with Gasteiger partial charge in [-0.15, -0.1) is 0 Å². The number of urea groups is 1. The molecule has 0 bridgehead atoms. The van der Waals surface area contributed by atoms with E-state index in [1.54, 1.807) is 12.1 Å². The molecular weight excluding hydrogens is 597 g/mol. The van der Waals surface area contributed by atoms with Gasteiger partial charge in [0.25, 0.3) is 0 Å². The smallest absolute Gasteiger partial charge is 0.449 e. The molecule has 1 aromatic heterocycles. The molecule has 1 aliphatic heterocycles. The number of anilines is 2. The van der Waals surface area contributed by atoms with Gasteiger partial charge in [0.1, 0.15) is 17.8 Å². The van der Waals surface area contributed by atoms with Gasteiger partial charge in [0.2, 0.25) is 0 Å². The summed E-state index contributed by atoms with van der Waals surface area (Å²) in [6.45, 7) is 5.24. The molecule has 2 aliphatic rings. The normalized spacial score (nSPS) is 18.5. The molecule has 234 valence electrons. The first-order valence-electron chi connectivity index (χ1n) is 14.4. The van der Waals surface area contributed by atoms with Crippen molar-refractivity contribution in [3.63, 3.8) is 0 Å². The monoisotopic (exact) mass is 631 g/mol. The van der Waals surface area contributed by atoms with E-state index in [0.717, 1.165) is 46.4 Å². The number of carbonyl (C=O) groups excluding carboxylic acids is 1. The molecule has 1 saturated heterocycles. The van der Waals surface area contributed by atoms with Gasteiger partial charge in [-0.1, -0.05) is 17.7 Å². The number of hydrogen-bond donors (Lipinski definition) is 1. The quantitative estimate of drug-likeness (QED) is 0.176. The number of hydrogen-bond acceptors (Lipinski definition) is 5. The molecule has 1 fully saturated rings. The van der Waals surface area contributed by atoms with Crippen molar-refractivity contribution in [1.82, 2.24) is 4.98 Å². The van der Waals surface area contributed by atoms with Crippen molar-refractivity contribution >= 4 is 35.2 Å². The first-order chi connectivity index (χ1) is 20.7. The number of halogens is 4. The summed E-state index contributed by atoms with van der Waals surface area (Å²) >= 11 is 6.39. The molecule has 2 amide bonds. The Morgan fingerprint density at radius 2 is 1.70 bits per heavy atom. The Morgan fingerprint density at radius 3 is 2.32 bits per heavy atom. The summed E-state index contributed by atoms with van der Waals surface area (Å²) in [6.07, 6.45) is -3.50. The highest BCUT2D eigenvalue weighted by molar-refractivity contribution is 6.33. The molecule has 2 unspecified atom stereocenters. The minimum absolute atomic E-state index is 0.0302. The average molecular weight is 632 g/mol. The Labute approximate surface area is 259 Å². The minimum atomic E-state index is -4.61. The van der Waals surface area contributed by atoms with Crippen LogP contribution in [0.1, 0.15) is 53.4 Å². The van der Waals surface area contributed by atoms with Gasteiger partial charge in [0.05, 0.1) is 23.3 Å². The summed E-state index contributed by atoms with van der Waals surface area (Å²) in [5, 5.41) is 9.23. The fourth-order valence-corrected chi connectivity index (χ4v) is 7.10. The van der Waals surface area contributed by atoms with Crippen LogP contribution in [0.3, 0.4) is 0 Å². The zero-order valence-corrected chi connectivity index (χ0v) is 25.7. The van der Waals surface area contributed by atoms with Crippen LogP contribution in [0.2, 0.25) is 5.02 Å². The number of benzene rings is 2. The molecule has 1 aliphatic carbocycles. The number of aryl methyl sites for hydroxylation is 3. The van der Waals surface area contributed by atoms with E-state index >= 15 is 0 Å². The van der Waals surface area contributed by atoms with Crippen LogP contribution in [-0.2, 0) is 12.6 Å². The number of alkyl halides is 3. The fraction of sp³-hybridized carbons (Fsp3) is 0.406. The van der Waals surface area contributed by atoms with E-state index in [2.05, 4.69) is 9.88 Å². The van der Waals surface area contributed by atoms with Gasteiger partial charge in [-0.3, -0.25) is 9.88 Å². The zero-order valence-electron chi connectivity index (χ0n) is 25.0. The van der Waals surface area contributed by atoms with E-state index in [1.807, 2.05) is 39.1 Å². The molecule has 0 radical (unpaired) electrons. The van der Waals surface area contributed by atoms with Gasteiger partial charge < -0.3 is 14.7 Å². The average Bonchev–Trinajstić information content (AvgIpc) is 3.38. The molecule has 44 heavy (non-hydrogen) atoms. The SMILES string of the molecule is Cc1cc(N2CCC([N+](C)(C(=O)N(C)c3cc(C(F)(F)F)ccc3Cl)C3CCc4ccc(OC(=O)O)cc43)CC2)cc(C)n1. The zero-order chi connectivity index (χ0) is 32.0. The first-order valence-corrected chi connectivity index (χ1v) is 14.8. The summed E-state index contributed by atoms with van der Waals surface area (Å²) in [5.74, 6) is 0.148. The van der Waals surface area contributed by atoms with Gasteiger partial charge in [-0.2, -0.15) is 13.2 Å². The first kappa shape index (κ1) is 31.6. The molecule has 2 aromatic carbocycles. The maximum absolute atomic E-state index is 14.7. The third-order valence-corrected chi connectivity index (χ3v) is 9.32. The van der Waals surface area contributed by atoms with Crippen LogP contribution in [0.4, 0.5) is 34.1 Å². The second-order valence-corrected chi connectivity index (χ2v) is 12.2. The van der Waals surface area contributed by atoms with Crippen molar-refractivity contribution in [3.8, 4) is 5.75 Å². The van der Waals surface area contributed by atoms with Crippen LogP contribution in [0.25, 0.3) is 0 Å². The number of aromatic nitrogens is 1. The number of quaternary nitrogens is 1. The Hall–Kier alpha value is -3.83. The van der Waals surface area contributed by atoms with E-state index in [1.165, 1.54) is 11.9 Å². The highest BCUT2D eigenvalue weighted by atomic mass is 35.5. The van der Waals surface area contributed by atoms with E-state index in [0.29, 0.717) is 38.8 Å². The number of piperidine rings is 1. The van der Waals surface area contributed by atoms with E-state index in [9.17, 15) is 27.9 Å². The highest BCUT2D eigenvalue weighted by Crippen LogP contribution is 2.46. The maximum Gasteiger partial charge on any atom is 0.511 e. The molecule has 3 aromatic rings. The molecule has 5 rings (SSSR count). The van der Waals surface area contributed by atoms with Crippen molar-refractivity contribution in [2.24, 2.45) is 0 Å². The summed E-state index contributed by atoms with van der Waals surface area (Å²) in [6, 6.07) is 11.1. The van der Waals surface area contributed by atoms with Crippen molar-refractivity contribution in [2.75, 3.05) is 37.0 Å². The molecule has 0 spiro atoms. The van der Waals surface area contributed by atoms with E-state index in [4.69, 9.17) is 16.3 Å². The molecule has 12 heteroatoms. The predicted octanol–water partition coefficient (Wildman–Crippen LogP) is 7.79. The van der Waals surface area contributed by atoms with Crippen LogP contribution in [0.5, 0.6) is 5.75 Å². The number of carbonyl (C=O) groups is 2. The van der Waals surface area contributed by atoms with E-state index in [-0.39, 0.29) is 33.0 Å². The molecule has 0 saturated carbocycles. The van der Waals surface area contributed by atoms with Gasteiger partial charge in [0.15, 0.2) is 0 Å². The van der Waals surface area contributed by atoms with E-state index < -0.39 is 23.9 Å². The number of nitrogens with zero attached hydrogens (tertiary/aromatic N) is 4. The van der Waals surface area contributed by atoms with Crippen LogP contribution in [0.15, 0.2) is 48.5 Å². The standard InChI is InChI=1S/C32H34ClF3N4O4/c1-19-15-23(16-20(2)37-19)39-13-11-24(12-14-39)40(4,29-10-6-21-5-8-25(18-26(21)29)44-31(42)43)30(41)38(3)28-17-22(32(34,35)36)7-9-27(28)33/h5,7-9,15-18,24,29H,6,10-14H2,1-4H3/p+1. The van der Waals surface area contributed by atoms with Crippen LogP contribution in [0, 0.1) is 13.8 Å². The number of amides is 2.